The molecule has 0 aromatic heterocycles. The molecule has 0 aliphatic carbocycles. The van der Waals surface area contributed by atoms with Gasteiger partial charge in [-0.2, -0.15) is 0 Å². The third-order valence-corrected chi connectivity index (χ3v) is 4.18. The van der Waals surface area contributed by atoms with Crippen LogP contribution in [-0.4, -0.2) is 9.85 Å². The number of nitrogens with zero attached hydrogens (tertiary/aromatic N) is 2. The zero-order valence-electron chi connectivity index (χ0n) is 12.9. The molecule has 2 aromatic rings. The minimum absolute atomic E-state index is 0.114. The molecule has 0 spiro atoms. The monoisotopic (exact) mass is 403 g/mol. The van der Waals surface area contributed by atoms with Gasteiger partial charge in [-0.15, -0.1) is 0 Å². The van der Waals surface area contributed by atoms with Crippen LogP contribution in [0.5, 0.6) is 0 Å². The second-order valence-electron chi connectivity index (χ2n) is 5.13. The molecular formula is C15H12Cl3N3O4. The first-order chi connectivity index (χ1) is 11.7. The molecule has 7 nitrogen and oxygen atoms in total. The number of benzene rings is 2. The average Bonchev–Trinajstić information content (AvgIpc) is 2.51. The summed E-state index contributed by atoms with van der Waals surface area (Å²) in [6.07, 6.45) is 1.03. The number of non-ortho nitro benzene ring substituents is 1. The molecule has 0 atom stereocenters. The molecule has 0 heterocycles. The number of nitro benzene ring substituents is 2. The van der Waals surface area contributed by atoms with E-state index in [9.17, 15) is 20.2 Å². The summed E-state index contributed by atoms with van der Waals surface area (Å²) in [4.78, 5) is 21.1. The summed E-state index contributed by atoms with van der Waals surface area (Å²) >= 11 is 18.1. The van der Waals surface area contributed by atoms with E-state index in [4.69, 9.17) is 34.8 Å². The fourth-order valence-corrected chi connectivity index (χ4v) is 3.23. The smallest absolute Gasteiger partial charge is 0.299 e. The summed E-state index contributed by atoms with van der Waals surface area (Å²) in [5.41, 5.74) is -0.00942. The molecule has 0 aliphatic rings. The van der Waals surface area contributed by atoms with E-state index in [1.807, 2.05) is 6.92 Å². The Morgan fingerprint density at radius 1 is 0.960 bits per heavy atom. The summed E-state index contributed by atoms with van der Waals surface area (Å²) in [7, 11) is 0. The average molecular weight is 405 g/mol. The van der Waals surface area contributed by atoms with E-state index in [-0.39, 0.29) is 27.1 Å². The van der Waals surface area contributed by atoms with Gasteiger partial charge in [-0.1, -0.05) is 48.1 Å². The predicted molar refractivity (Wildman–Crippen MR) is 98.5 cm³/mol. The van der Waals surface area contributed by atoms with Gasteiger partial charge < -0.3 is 5.32 Å². The number of hydrogen-bond acceptors (Lipinski definition) is 5. The highest BCUT2D eigenvalue weighted by molar-refractivity contribution is 6.41. The molecule has 0 unspecified atom stereocenters. The van der Waals surface area contributed by atoms with Crippen molar-refractivity contribution >= 4 is 57.6 Å². The molecule has 2 aromatic carbocycles. The number of aryl methyl sites for hydroxylation is 1. The van der Waals surface area contributed by atoms with Gasteiger partial charge in [0.2, 0.25) is 0 Å². The molecule has 0 aliphatic heterocycles. The van der Waals surface area contributed by atoms with Gasteiger partial charge in [0.1, 0.15) is 5.69 Å². The Hall–Kier alpha value is -2.09. The molecule has 0 radical (unpaired) electrons. The number of rotatable bonds is 6. The normalized spacial score (nSPS) is 10.6. The van der Waals surface area contributed by atoms with Crippen molar-refractivity contribution < 1.29 is 9.85 Å². The van der Waals surface area contributed by atoms with Crippen LogP contribution < -0.4 is 5.32 Å². The minimum Gasteiger partial charge on any atom is -0.347 e. The van der Waals surface area contributed by atoms with Gasteiger partial charge in [0.05, 0.1) is 31.6 Å². The van der Waals surface area contributed by atoms with Crippen LogP contribution in [0.1, 0.15) is 18.9 Å². The Morgan fingerprint density at radius 3 is 2.04 bits per heavy atom. The Bertz CT molecular complexity index is 835. The first-order valence-electron chi connectivity index (χ1n) is 7.11. The lowest BCUT2D eigenvalue weighted by Gasteiger charge is -2.15. The van der Waals surface area contributed by atoms with Crippen molar-refractivity contribution in [2.45, 2.75) is 19.8 Å². The van der Waals surface area contributed by atoms with Crippen LogP contribution in [0.15, 0.2) is 24.3 Å². The van der Waals surface area contributed by atoms with Crippen LogP contribution >= 0.6 is 34.8 Å². The predicted octanol–water partition coefficient (Wildman–Crippen LogP) is 6.16. The van der Waals surface area contributed by atoms with E-state index in [1.54, 1.807) is 0 Å². The van der Waals surface area contributed by atoms with Crippen LogP contribution in [-0.2, 0) is 6.42 Å². The highest BCUT2D eigenvalue weighted by atomic mass is 35.5. The van der Waals surface area contributed by atoms with E-state index in [0.29, 0.717) is 23.4 Å². The van der Waals surface area contributed by atoms with Gasteiger partial charge in [-0.05, 0) is 24.1 Å². The first kappa shape index (κ1) is 19.2. The number of halogens is 3. The number of hydrogen-bond donors (Lipinski definition) is 1. The zero-order valence-corrected chi connectivity index (χ0v) is 15.2. The summed E-state index contributed by atoms with van der Waals surface area (Å²) in [6, 6.07) is 5.08. The van der Waals surface area contributed by atoms with Crippen molar-refractivity contribution in [1.29, 1.82) is 0 Å². The van der Waals surface area contributed by atoms with Crippen molar-refractivity contribution in [1.82, 2.24) is 0 Å². The minimum atomic E-state index is -0.688. The molecule has 0 saturated carbocycles. The highest BCUT2D eigenvalue weighted by Crippen LogP contribution is 2.41. The van der Waals surface area contributed by atoms with Gasteiger partial charge in [0.25, 0.3) is 11.4 Å². The second kappa shape index (κ2) is 7.86. The van der Waals surface area contributed by atoms with Crippen molar-refractivity contribution in [2.75, 3.05) is 5.32 Å². The van der Waals surface area contributed by atoms with Crippen molar-refractivity contribution in [3.63, 3.8) is 0 Å². The molecule has 1 N–H and O–H groups in total. The zero-order chi connectivity index (χ0) is 18.7. The number of anilines is 2. The topological polar surface area (TPSA) is 98.3 Å². The lowest BCUT2D eigenvalue weighted by molar-refractivity contribution is -0.393. The maximum atomic E-state index is 11.4. The molecule has 0 bridgehead atoms. The lowest BCUT2D eigenvalue weighted by atomic mass is 10.0. The molecule has 0 amide bonds. The first-order valence-corrected chi connectivity index (χ1v) is 8.25. The van der Waals surface area contributed by atoms with Gasteiger partial charge >= 0.3 is 0 Å². The molecule has 2 rings (SSSR count). The maximum Gasteiger partial charge on any atom is 0.299 e. The van der Waals surface area contributed by atoms with Crippen LogP contribution in [0.4, 0.5) is 22.7 Å². The highest BCUT2D eigenvalue weighted by Gasteiger charge is 2.25. The second-order valence-corrected chi connectivity index (χ2v) is 6.38. The van der Waals surface area contributed by atoms with Crippen LogP contribution in [0.3, 0.4) is 0 Å². The van der Waals surface area contributed by atoms with E-state index >= 15 is 0 Å². The van der Waals surface area contributed by atoms with Gasteiger partial charge in [-0.25, -0.2) is 0 Å². The van der Waals surface area contributed by atoms with Gasteiger partial charge in [0.15, 0.2) is 0 Å². The van der Waals surface area contributed by atoms with Crippen molar-refractivity contribution in [3.8, 4) is 0 Å². The summed E-state index contributed by atoms with van der Waals surface area (Å²) in [5.74, 6) is 0. The number of nitro groups is 2. The Labute approximate surface area is 157 Å². The van der Waals surface area contributed by atoms with E-state index in [2.05, 4.69) is 5.32 Å². The SMILES string of the molecule is CCCc1cc([N+](=O)[O-])cc([N+](=O)[O-])c1Nc1c(Cl)cc(Cl)cc1Cl. The lowest BCUT2D eigenvalue weighted by Crippen LogP contribution is -2.04. The fraction of sp³-hybridized carbons (Fsp3) is 0.200. The van der Waals surface area contributed by atoms with Gasteiger partial charge in [0, 0.05) is 11.1 Å². The van der Waals surface area contributed by atoms with Crippen LogP contribution in [0.25, 0.3) is 0 Å². The van der Waals surface area contributed by atoms with Crippen LogP contribution in [0, 0.1) is 20.2 Å². The molecule has 25 heavy (non-hydrogen) atoms. The Kier molecular flexibility index (Phi) is 6.05. The molecule has 10 heteroatoms. The molecule has 0 saturated heterocycles. The Morgan fingerprint density at radius 2 is 1.56 bits per heavy atom. The Balaban J connectivity index is 2.67. The van der Waals surface area contributed by atoms with Crippen molar-refractivity contribution in [2.24, 2.45) is 0 Å². The standard InChI is InChI=1S/C15H12Cl3N3O4/c1-2-3-8-4-10(20(22)23)7-13(21(24)25)14(8)19-15-11(17)5-9(16)6-12(15)18/h4-7,19H,2-3H2,1H3. The summed E-state index contributed by atoms with van der Waals surface area (Å²) in [5, 5.41) is 26.0. The van der Waals surface area contributed by atoms with E-state index < -0.39 is 15.5 Å². The maximum absolute atomic E-state index is 11.4. The van der Waals surface area contributed by atoms with Crippen LogP contribution in [0.2, 0.25) is 15.1 Å². The summed E-state index contributed by atoms with van der Waals surface area (Å²) < 4.78 is 0. The van der Waals surface area contributed by atoms with E-state index in [1.165, 1.54) is 18.2 Å². The third-order valence-electron chi connectivity index (χ3n) is 3.37. The molecule has 132 valence electrons. The third kappa shape index (κ3) is 4.31. The number of nitrogens with one attached hydrogen (secondary N) is 1. The van der Waals surface area contributed by atoms with Gasteiger partial charge in [-0.3, -0.25) is 20.2 Å². The quantitative estimate of drug-likeness (QED) is 0.459. The molecular weight excluding hydrogens is 393 g/mol. The molecule has 0 fully saturated rings. The van der Waals surface area contributed by atoms with E-state index in [0.717, 1.165) is 6.07 Å². The largest absolute Gasteiger partial charge is 0.347 e. The van der Waals surface area contributed by atoms with Crippen molar-refractivity contribution in [3.05, 3.63) is 65.1 Å². The fourth-order valence-electron chi connectivity index (χ4n) is 2.32. The summed E-state index contributed by atoms with van der Waals surface area (Å²) in [6.45, 7) is 1.86.